The first-order valence-corrected chi connectivity index (χ1v) is 16.4. The number of phenols is 2. The van der Waals surface area contributed by atoms with Crippen LogP contribution in [0.5, 0.6) is 23.0 Å². The van der Waals surface area contributed by atoms with E-state index in [0.717, 1.165) is 6.07 Å². The number of Topliss-reactive ketones (excluding diaryl/α,β-unsaturated/α-hetero) is 1. The Labute approximate surface area is 319 Å². The van der Waals surface area contributed by atoms with Crippen molar-refractivity contribution in [1.82, 2.24) is 0 Å². The standard InChI is InChI=1S/C37H47NO12.Na/c1-16-11-10-12-17(2)36(46)38-23-15-24(40)26-27(32(23)44)31(43)21(6)34-28(26)35(45)37(8,50-34)48-14-13-25(47-9)18(3)33(49-22(7)39)20(5)30(42)19(4)29(16)41;/h10-16,18-20,25,29-30,33,40-44H,1-9H3,(H,38,46);/q;+1/p-1/t16-,18+,19+,20+,25-,29-,30+,33+,37-;/m0./s1. The molecular formula is C37H46NNaO12. The number of hydrogen-bond donors (Lipinski definition) is 5. The van der Waals surface area contributed by atoms with E-state index in [2.05, 4.69) is 5.32 Å². The van der Waals surface area contributed by atoms with Crippen LogP contribution in [0.2, 0.25) is 0 Å². The zero-order chi connectivity index (χ0) is 37.4. The quantitative estimate of drug-likeness (QED) is 0.128. The minimum atomic E-state index is -2.01. The number of esters is 1. The maximum atomic E-state index is 13.9. The topological polar surface area (TPSA) is 204 Å². The number of ether oxygens (including phenoxy) is 4. The van der Waals surface area contributed by atoms with Gasteiger partial charge in [-0.25, -0.2) is 0 Å². The van der Waals surface area contributed by atoms with E-state index < -0.39 is 88.8 Å². The molecule has 0 radical (unpaired) electrons. The van der Waals surface area contributed by atoms with Gasteiger partial charge in [0.05, 0.1) is 35.8 Å². The number of aromatic hydroxyl groups is 2. The van der Waals surface area contributed by atoms with Crippen molar-refractivity contribution in [3.8, 4) is 23.0 Å². The van der Waals surface area contributed by atoms with Gasteiger partial charge in [-0.2, -0.15) is 0 Å². The summed E-state index contributed by atoms with van der Waals surface area (Å²) < 4.78 is 23.1. The summed E-state index contributed by atoms with van der Waals surface area (Å²) in [6.45, 7) is 12.4. The molecule has 5 bridgehead atoms. The van der Waals surface area contributed by atoms with Crippen molar-refractivity contribution in [2.75, 3.05) is 12.4 Å². The minimum Gasteiger partial charge on any atom is -0.872 e. The molecule has 2 aromatic rings. The van der Waals surface area contributed by atoms with Crippen LogP contribution >= 0.6 is 0 Å². The number of amides is 1. The van der Waals surface area contributed by atoms with Crippen molar-refractivity contribution in [1.29, 1.82) is 0 Å². The molecule has 3 aliphatic heterocycles. The van der Waals surface area contributed by atoms with Gasteiger partial charge in [0, 0.05) is 67.0 Å². The van der Waals surface area contributed by atoms with Gasteiger partial charge in [-0.1, -0.05) is 51.7 Å². The monoisotopic (exact) mass is 719 g/mol. The van der Waals surface area contributed by atoms with E-state index in [1.807, 2.05) is 0 Å². The Bertz CT molecular complexity index is 1770. The molecule has 13 nitrogen and oxygen atoms in total. The third kappa shape index (κ3) is 8.08. The van der Waals surface area contributed by atoms with E-state index in [0.29, 0.717) is 0 Å². The maximum Gasteiger partial charge on any atom is 1.00 e. The zero-order valence-electron chi connectivity index (χ0n) is 30.6. The van der Waals surface area contributed by atoms with Gasteiger partial charge in [0.2, 0.25) is 0 Å². The van der Waals surface area contributed by atoms with Crippen molar-refractivity contribution < 1.29 is 88.4 Å². The molecule has 0 saturated carbocycles. The number of aliphatic hydroxyl groups excluding tert-OH is 2. The van der Waals surface area contributed by atoms with E-state index in [9.17, 15) is 39.9 Å². The van der Waals surface area contributed by atoms with E-state index >= 15 is 0 Å². The number of fused-ring (bicyclic) bond motifs is 14. The maximum absolute atomic E-state index is 13.9. The Balaban J connectivity index is 0.00000702. The first-order chi connectivity index (χ1) is 23.4. The third-order valence-corrected chi connectivity index (χ3v) is 9.81. The van der Waals surface area contributed by atoms with Crippen LogP contribution in [0.4, 0.5) is 5.69 Å². The van der Waals surface area contributed by atoms with Crippen molar-refractivity contribution in [2.45, 2.75) is 85.6 Å². The average molecular weight is 720 g/mol. The van der Waals surface area contributed by atoms with Crippen LogP contribution in [0.15, 0.2) is 42.2 Å². The van der Waals surface area contributed by atoms with Gasteiger partial charge < -0.3 is 49.8 Å². The summed E-state index contributed by atoms with van der Waals surface area (Å²) in [4.78, 5) is 39.2. The Morgan fingerprint density at radius 2 is 1.65 bits per heavy atom. The molecule has 51 heavy (non-hydrogen) atoms. The Morgan fingerprint density at radius 3 is 2.25 bits per heavy atom. The smallest absolute Gasteiger partial charge is 0.872 e. The molecule has 5 rings (SSSR count). The van der Waals surface area contributed by atoms with Crippen LogP contribution < -0.4 is 44.7 Å². The van der Waals surface area contributed by atoms with E-state index in [4.69, 9.17) is 18.9 Å². The molecule has 0 saturated heterocycles. The van der Waals surface area contributed by atoms with Gasteiger partial charge in [0.15, 0.2) is 0 Å². The van der Waals surface area contributed by atoms with E-state index in [1.54, 1.807) is 39.8 Å². The van der Waals surface area contributed by atoms with Crippen molar-refractivity contribution in [3.63, 3.8) is 0 Å². The summed E-state index contributed by atoms with van der Waals surface area (Å²) >= 11 is 0. The summed E-state index contributed by atoms with van der Waals surface area (Å²) in [6, 6.07) is 1.03. The molecule has 1 amide bonds. The molecular weight excluding hydrogens is 673 g/mol. The van der Waals surface area contributed by atoms with Gasteiger partial charge in [-0.05, 0) is 25.5 Å². The Morgan fingerprint density at radius 1 is 1.00 bits per heavy atom. The fourth-order valence-electron chi connectivity index (χ4n) is 6.64. The van der Waals surface area contributed by atoms with Gasteiger partial charge in [0.1, 0.15) is 23.4 Å². The number of allylic oxidation sites excluding steroid dienone is 2. The molecule has 3 aliphatic rings. The number of nitrogens with one attached hydrogen (secondary N) is 1. The van der Waals surface area contributed by atoms with Gasteiger partial charge in [0.25, 0.3) is 11.7 Å². The largest absolute Gasteiger partial charge is 1.00 e. The van der Waals surface area contributed by atoms with E-state index in [1.165, 1.54) is 53.2 Å². The van der Waals surface area contributed by atoms with Crippen LogP contribution in [0.3, 0.4) is 0 Å². The molecule has 0 aliphatic carbocycles. The molecule has 0 aromatic heterocycles. The first kappa shape index (κ1) is 41.8. The number of carbonyl (C=O) groups is 3. The molecule has 0 unspecified atom stereocenters. The van der Waals surface area contributed by atoms with Crippen molar-refractivity contribution >= 4 is 34.1 Å². The van der Waals surface area contributed by atoms with Gasteiger partial charge >= 0.3 is 41.3 Å². The van der Waals surface area contributed by atoms with Crippen molar-refractivity contribution in [3.05, 3.63) is 53.3 Å². The second-order valence-corrected chi connectivity index (χ2v) is 13.4. The van der Waals surface area contributed by atoms with Crippen molar-refractivity contribution in [2.24, 2.45) is 23.7 Å². The van der Waals surface area contributed by atoms with Gasteiger partial charge in [-0.15, -0.1) is 0 Å². The number of rotatable bonds is 2. The molecule has 9 atom stereocenters. The summed E-state index contributed by atoms with van der Waals surface area (Å²) in [5.41, 5.74) is -0.300. The number of anilines is 1. The normalized spacial score (nSPS) is 30.3. The number of phenolic OH excluding ortho intramolecular Hbond substituents is 2. The van der Waals surface area contributed by atoms with Crippen LogP contribution in [0, 0.1) is 30.6 Å². The number of carbonyl (C=O) groups excluding carboxylic acids is 3. The fourth-order valence-corrected chi connectivity index (χ4v) is 6.64. The minimum absolute atomic E-state index is 0. The second kappa shape index (κ2) is 16.4. The fraction of sp³-hybridized carbons (Fsp3) is 0.486. The third-order valence-electron chi connectivity index (χ3n) is 9.81. The van der Waals surface area contributed by atoms with Crippen LogP contribution in [-0.2, 0) is 23.8 Å². The number of hydrogen-bond acceptors (Lipinski definition) is 12. The van der Waals surface area contributed by atoms with Crippen LogP contribution in [-0.4, -0.2) is 75.4 Å². The summed E-state index contributed by atoms with van der Waals surface area (Å²) in [6.07, 6.45) is 3.53. The second-order valence-electron chi connectivity index (χ2n) is 13.4. The predicted molar refractivity (Wildman–Crippen MR) is 182 cm³/mol. The summed E-state index contributed by atoms with van der Waals surface area (Å²) in [7, 11) is 1.43. The molecule has 5 N–H and O–H groups in total. The molecule has 0 spiro atoms. The van der Waals surface area contributed by atoms with E-state index in [-0.39, 0.29) is 68.5 Å². The average Bonchev–Trinajstić information content (AvgIpc) is 3.33. The summed E-state index contributed by atoms with van der Waals surface area (Å²) in [5.74, 6) is -8.51. The molecule has 272 valence electrons. The molecule has 2 aromatic carbocycles. The predicted octanol–water partition coefficient (Wildman–Crippen LogP) is 1.13. The molecule has 0 fully saturated rings. The first-order valence-electron chi connectivity index (χ1n) is 16.4. The Hall–Kier alpha value is -3.59. The number of aliphatic hydroxyl groups is 2. The Kier molecular flexibility index (Phi) is 13.4. The van der Waals surface area contributed by atoms with Crippen LogP contribution in [0.1, 0.15) is 64.4 Å². The summed E-state index contributed by atoms with van der Waals surface area (Å²) in [5, 5.41) is 60.2. The number of benzene rings is 2. The molecule has 14 heteroatoms. The zero-order valence-corrected chi connectivity index (χ0v) is 32.6. The number of ketones is 1. The van der Waals surface area contributed by atoms with Crippen LogP contribution in [0.25, 0.3) is 10.8 Å². The number of methoxy groups -OCH3 is 1. The molecule has 3 heterocycles. The van der Waals surface area contributed by atoms with Gasteiger partial charge in [-0.3, -0.25) is 14.4 Å². The SMILES string of the molecule is CO[C@H]1C=CO[C@@]2(C)Oc3c(C)c([O-])c4c(O)c(cc(O)c4c3C2=O)NC(=O)C(C)=CC=C[C@H](C)[C@H](O)[C@@H](C)[C@@H](O)[C@@H](C)[C@H](OC(C)=O)[C@@H]1C.[Na+].